The van der Waals surface area contributed by atoms with Crippen LogP contribution in [0.5, 0.6) is 5.75 Å². The van der Waals surface area contributed by atoms with Crippen LogP contribution in [0.25, 0.3) is 0 Å². The maximum absolute atomic E-state index is 12.6. The average molecular weight is 746 g/mol. The molecule has 1 aliphatic heterocycles. The lowest BCUT2D eigenvalue weighted by molar-refractivity contribution is -0.282. The summed E-state index contributed by atoms with van der Waals surface area (Å²) in [4.78, 5) is 85.4. The number of nitrogens with one attached hydrogen (secondary N) is 2. The van der Waals surface area contributed by atoms with Crippen LogP contribution in [-0.4, -0.2) is 105 Å². The summed E-state index contributed by atoms with van der Waals surface area (Å²) >= 11 is 0. The van der Waals surface area contributed by atoms with Gasteiger partial charge in [-0.2, -0.15) is 0 Å². The summed E-state index contributed by atoms with van der Waals surface area (Å²) in [5, 5.41) is 4.85. The van der Waals surface area contributed by atoms with Gasteiger partial charge in [0.2, 0.25) is 24.2 Å². The van der Waals surface area contributed by atoms with Crippen molar-refractivity contribution in [1.82, 2.24) is 10.6 Å². The first kappa shape index (κ1) is 41.8. The molecule has 288 valence electrons. The summed E-state index contributed by atoms with van der Waals surface area (Å²) in [6, 6.07) is 14.1. The first-order valence-electron chi connectivity index (χ1n) is 16.3. The van der Waals surface area contributed by atoms with E-state index in [9.17, 15) is 33.6 Å². The smallest absolute Gasteiger partial charge is 0.339 e. The van der Waals surface area contributed by atoms with E-state index in [1.165, 1.54) is 19.1 Å². The minimum atomic E-state index is -1.63. The highest BCUT2D eigenvalue weighted by Gasteiger charge is 2.55. The molecule has 1 heterocycles. The van der Waals surface area contributed by atoms with E-state index in [-0.39, 0.29) is 25.5 Å². The summed E-state index contributed by atoms with van der Waals surface area (Å²) in [6.45, 7) is 4.07. The number of nitrogens with two attached hydrogens (primary N) is 1. The highest BCUT2D eigenvalue weighted by molar-refractivity contribution is 5.87. The molecule has 0 aliphatic carbocycles. The number of hydrogen-bond acceptors (Lipinski definition) is 16. The SMILES string of the molecule is COC(=O)[C@H]1O[C@@H](Oc2ccc(C[C@H](N)C(=O)NCC(=O)NCO[C@H](C)C(=O)OCc3ccccc3)cc2)[C@H](OC(C)=O)[C@@H](OC(C)=O)[C@@H]1OC(C)=O. The van der Waals surface area contributed by atoms with Crippen LogP contribution in [0.1, 0.15) is 38.8 Å². The lowest BCUT2D eigenvalue weighted by atomic mass is 9.97. The zero-order chi connectivity index (χ0) is 39.1. The third-order valence-electron chi connectivity index (χ3n) is 7.38. The Hall–Kier alpha value is -5.59. The Bertz CT molecular complexity index is 1590. The molecule has 18 nitrogen and oxygen atoms in total. The van der Waals surface area contributed by atoms with Gasteiger partial charge in [0, 0.05) is 20.8 Å². The number of hydrogen-bond donors (Lipinski definition) is 3. The molecule has 0 bridgehead atoms. The molecule has 1 fully saturated rings. The molecule has 18 heteroatoms. The van der Waals surface area contributed by atoms with Crippen molar-refractivity contribution in [2.75, 3.05) is 20.4 Å². The maximum atomic E-state index is 12.6. The van der Waals surface area contributed by atoms with Gasteiger partial charge in [0.25, 0.3) is 0 Å². The average Bonchev–Trinajstić information content (AvgIpc) is 3.12. The second kappa shape index (κ2) is 20.4. The van der Waals surface area contributed by atoms with Gasteiger partial charge in [-0.05, 0) is 36.6 Å². The molecule has 2 amide bonds. The van der Waals surface area contributed by atoms with E-state index in [0.717, 1.165) is 33.4 Å². The number of rotatable bonds is 17. The normalized spacial score (nSPS) is 20.4. The molecule has 53 heavy (non-hydrogen) atoms. The van der Waals surface area contributed by atoms with Crippen molar-refractivity contribution in [2.45, 2.75) is 83.6 Å². The van der Waals surface area contributed by atoms with Crippen molar-refractivity contribution < 1.29 is 71.5 Å². The van der Waals surface area contributed by atoms with Gasteiger partial charge in [0.15, 0.2) is 24.4 Å². The predicted molar refractivity (Wildman–Crippen MR) is 179 cm³/mol. The highest BCUT2D eigenvalue weighted by Crippen LogP contribution is 2.31. The standard InChI is InChI=1S/C35H43N3O15/c1-19(33(44)47-17-24-9-7-6-8-10-24)48-18-38-27(42)16-37-32(43)26(36)15-23-11-13-25(14-12-23)52-35-31(51-22(4)41)29(50-21(3)40)28(49-20(2)39)30(53-35)34(45)46-5/h6-14,19,26,28-31,35H,15-18,36H2,1-5H3,(H,37,43)(H,38,42)/t19-,26+,28+,29+,30+,31-,35-/m1/s1. The molecule has 1 aliphatic rings. The van der Waals surface area contributed by atoms with Crippen LogP contribution < -0.4 is 21.1 Å². The quantitative estimate of drug-likeness (QED) is 0.109. The molecule has 0 radical (unpaired) electrons. The molecule has 0 aromatic heterocycles. The second-order valence-electron chi connectivity index (χ2n) is 11.6. The fourth-order valence-corrected chi connectivity index (χ4v) is 4.88. The van der Waals surface area contributed by atoms with Crippen molar-refractivity contribution in [3.05, 3.63) is 65.7 Å². The van der Waals surface area contributed by atoms with E-state index in [1.54, 1.807) is 12.1 Å². The van der Waals surface area contributed by atoms with Gasteiger partial charge in [-0.1, -0.05) is 42.5 Å². The topological polar surface area (TPSA) is 243 Å². The minimum absolute atomic E-state index is 0.0540. The van der Waals surface area contributed by atoms with Gasteiger partial charge in [0.1, 0.15) is 19.1 Å². The van der Waals surface area contributed by atoms with Crippen molar-refractivity contribution in [3.8, 4) is 5.75 Å². The van der Waals surface area contributed by atoms with Gasteiger partial charge in [-0.25, -0.2) is 9.59 Å². The van der Waals surface area contributed by atoms with Crippen LogP contribution in [0.15, 0.2) is 54.6 Å². The van der Waals surface area contributed by atoms with Crippen molar-refractivity contribution >= 4 is 41.7 Å². The van der Waals surface area contributed by atoms with Gasteiger partial charge < -0.3 is 54.3 Å². The lowest BCUT2D eigenvalue weighted by Crippen LogP contribution is -2.64. The Labute approximate surface area is 304 Å². The Kier molecular flexibility index (Phi) is 16.1. The zero-order valence-electron chi connectivity index (χ0n) is 29.8. The van der Waals surface area contributed by atoms with Gasteiger partial charge in [-0.3, -0.25) is 24.0 Å². The zero-order valence-corrected chi connectivity index (χ0v) is 29.8. The van der Waals surface area contributed by atoms with Gasteiger partial charge in [-0.15, -0.1) is 0 Å². The van der Waals surface area contributed by atoms with Crippen LogP contribution >= 0.6 is 0 Å². The van der Waals surface area contributed by atoms with E-state index < -0.39 is 91.1 Å². The van der Waals surface area contributed by atoms with Crippen molar-refractivity contribution in [1.29, 1.82) is 0 Å². The second-order valence-corrected chi connectivity index (χ2v) is 11.6. The number of ether oxygens (including phenoxy) is 8. The molecule has 0 saturated carbocycles. The first-order valence-corrected chi connectivity index (χ1v) is 16.3. The molecule has 2 aromatic rings. The molecular weight excluding hydrogens is 702 g/mol. The fraction of sp³-hybridized carbons (Fsp3) is 0.457. The van der Waals surface area contributed by atoms with Gasteiger partial charge in [0.05, 0.1) is 19.7 Å². The molecule has 4 N–H and O–H groups in total. The Morgan fingerprint density at radius 2 is 1.40 bits per heavy atom. The van der Waals surface area contributed by atoms with E-state index in [1.807, 2.05) is 30.3 Å². The van der Waals surface area contributed by atoms with Crippen LogP contribution in [0.4, 0.5) is 0 Å². The largest absolute Gasteiger partial charge is 0.467 e. The molecular formula is C35H43N3O15. The minimum Gasteiger partial charge on any atom is -0.467 e. The van der Waals surface area contributed by atoms with Crippen LogP contribution in [-0.2, 0) is 79.7 Å². The monoisotopic (exact) mass is 745 g/mol. The van der Waals surface area contributed by atoms with E-state index in [2.05, 4.69) is 10.6 Å². The number of carbonyl (C=O) groups is 7. The number of carbonyl (C=O) groups excluding carboxylic acids is 7. The summed E-state index contributed by atoms with van der Waals surface area (Å²) in [5.41, 5.74) is 7.45. The lowest BCUT2D eigenvalue weighted by Gasteiger charge is -2.43. The summed E-state index contributed by atoms with van der Waals surface area (Å²) < 4.78 is 42.8. The molecule has 1 saturated heterocycles. The van der Waals surface area contributed by atoms with E-state index in [4.69, 9.17) is 43.6 Å². The molecule has 2 aromatic carbocycles. The number of benzene rings is 2. The molecule has 0 unspecified atom stereocenters. The van der Waals surface area contributed by atoms with Gasteiger partial charge >= 0.3 is 29.8 Å². The van der Waals surface area contributed by atoms with Crippen LogP contribution in [0, 0.1) is 0 Å². The third kappa shape index (κ3) is 13.5. The molecule has 3 rings (SSSR count). The first-order chi connectivity index (χ1) is 25.2. The van der Waals surface area contributed by atoms with Crippen molar-refractivity contribution in [2.24, 2.45) is 5.73 Å². The summed E-state index contributed by atoms with van der Waals surface area (Å²) in [7, 11) is 1.07. The Morgan fingerprint density at radius 1 is 0.792 bits per heavy atom. The molecule has 7 atom stereocenters. The van der Waals surface area contributed by atoms with E-state index >= 15 is 0 Å². The van der Waals surface area contributed by atoms with Crippen LogP contribution in [0.3, 0.4) is 0 Å². The summed E-state index contributed by atoms with van der Waals surface area (Å²) in [6.07, 6.45) is -8.64. The number of esters is 5. The fourth-order valence-electron chi connectivity index (χ4n) is 4.88. The van der Waals surface area contributed by atoms with E-state index in [0.29, 0.717) is 5.56 Å². The highest BCUT2D eigenvalue weighted by atomic mass is 16.7. The van der Waals surface area contributed by atoms with Crippen molar-refractivity contribution in [3.63, 3.8) is 0 Å². The number of methoxy groups -OCH3 is 1. The number of amides is 2. The van der Waals surface area contributed by atoms with Crippen LogP contribution in [0.2, 0.25) is 0 Å². The Morgan fingerprint density at radius 3 is 2.00 bits per heavy atom. The predicted octanol–water partition coefficient (Wildman–Crippen LogP) is -0.0334. The Balaban J connectivity index is 1.53. The molecule has 0 spiro atoms. The maximum Gasteiger partial charge on any atom is 0.339 e. The summed E-state index contributed by atoms with van der Waals surface area (Å²) in [5.74, 6) is -5.15. The third-order valence-corrected chi connectivity index (χ3v) is 7.38.